The maximum absolute atomic E-state index is 12.5. The molecular weight excluding hydrogens is 335 g/mol. The molecule has 3 nitrogen and oxygen atoms in total. The van der Waals surface area contributed by atoms with Crippen LogP contribution in [-0.4, -0.2) is 30.3 Å². The summed E-state index contributed by atoms with van der Waals surface area (Å²) in [7, 11) is 1.39. The molecule has 1 aromatic heterocycles. The highest BCUT2D eigenvalue weighted by molar-refractivity contribution is 9.10. The molecule has 0 unspecified atom stereocenters. The smallest absolute Gasteiger partial charge is 0.350 e. The molecule has 0 atom stereocenters. The van der Waals surface area contributed by atoms with Crippen molar-refractivity contribution in [3.05, 3.63) is 22.3 Å². The lowest BCUT2D eigenvalue weighted by atomic mass is 10.1. The van der Waals surface area contributed by atoms with E-state index in [1.165, 1.54) is 13.2 Å². The van der Waals surface area contributed by atoms with Gasteiger partial charge in [-0.1, -0.05) is 0 Å². The number of nitrogens with one attached hydrogen (secondary N) is 1. The summed E-state index contributed by atoms with van der Waals surface area (Å²) in [5.74, 6) is 0.335. The molecule has 0 fully saturated rings. The van der Waals surface area contributed by atoms with E-state index in [-0.39, 0.29) is 5.54 Å². The molecule has 1 heterocycles. The number of hydrogen-bond acceptors (Lipinski definition) is 3. The van der Waals surface area contributed by atoms with Crippen molar-refractivity contribution < 1.29 is 13.2 Å². The molecular formula is C13H19BrF3N3. The number of pyridine rings is 1. The van der Waals surface area contributed by atoms with Crippen LogP contribution in [0.4, 0.5) is 19.0 Å². The van der Waals surface area contributed by atoms with E-state index in [0.717, 1.165) is 14.9 Å². The highest BCUT2D eigenvalue weighted by Gasteiger charge is 2.30. The van der Waals surface area contributed by atoms with Crippen molar-refractivity contribution in [2.24, 2.45) is 0 Å². The molecule has 0 aliphatic rings. The van der Waals surface area contributed by atoms with Crippen molar-refractivity contribution in [1.82, 2.24) is 10.3 Å². The van der Waals surface area contributed by atoms with Gasteiger partial charge in [-0.15, -0.1) is 0 Å². The van der Waals surface area contributed by atoms with Crippen molar-refractivity contribution >= 4 is 21.7 Å². The first kappa shape index (κ1) is 17.2. The Hall–Kier alpha value is -0.820. The number of anilines is 1. The third-order valence-corrected chi connectivity index (χ3v) is 2.93. The summed E-state index contributed by atoms with van der Waals surface area (Å²) < 4.78 is 38.2. The largest absolute Gasteiger partial charge is 0.405 e. The van der Waals surface area contributed by atoms with Crippen LogP contribution >= 0.6 is 15.9 Å². The van der Waals surface area contributed by atoms with E-state index in [0.29, 0.717) is 12.4 Å². The van der Waals surface area contributed by atoms with Gasteiger partial charge in [0.1, 0.15) is 12.4 Å². The third-order valence-electron chi connectivity index (χ3n) is 2.50. The van der Waals surface area contributed by atoms with Crippen molar-refractivity contribution in [2.75, 3.05) is 18.5 Å². The Morgan fingerprint density at radius 3 is 2.40 bits per heavy atom. The van der Waals surface area contributed by atoms with Crippen LogP contribution in [0.3, 0.4) is 0 Å². The zero-order valence-corrected chi connectivity index (χ0v) is 13.6. The Kier molecular flexibility index (Phi) is 5.43. The first-order chi connectivity index (χ1) is 8.98. The molecule has 0 spiro atoms. The molecule has 0 bridgehead atoms. The molecule has 20 heavy (non-hydrogen) atoms. The topological polar surface area (TPSA) is 28.2 Å². The van der Waals surface area contributed by atoms with Crippen LogP contribution in [0.5, 0.6) is 0 Å². The minimum atomic E-state index is -4.25. The lowest BCUT2D eigenvalue weighted by Gasteiger charge is -2.25. The van der Waals surface area contributed by atoms with Crippen LogP contribution in [0.2, 0.25) is 0 Å². The fourth-order valence-electron chi connectivity index (χ4n) is 1.65. The number of hydrogen-bond donors (Lipinski definition) is 1. The summed E-state index contributed by atoms with van der Waals surface area (Å²) in [4.78, 5) is 5.22. The summed E-state index contributed by atoms with van der Waals surface area (Å²) in [6.45, 7) is 5.42. The Balaban J connectivity index is 2.95. The van der Waals surface area contributed by atoms with Crippen LogP contribution in [-0.2, 0) is 6.54 Å². The molecule has 114 valence electrons. The normalized spacial score (nSPS) is 12.6. The summed E-state index contributed by atoms with van der Waals surface area (Å²) in [5, 5.41) is 3.25. The lowest BCUT2D eigenvalue weighted by molar-refractivity contribution is -0.119. The predicted octanol–water partition coefficient (Wildman–Crippen LogP) is 3.73. The fourth-order valence-corrected chi connectivity index (χ4v) is 2.03. The van der Waals surface area contributed by atoms with Crippen molar-refractivity contribution in [3.8, 4) is 0 Å². The van der Waals surface area contributed by atoms with Crippen LogP contribution in [0.15, 0.2) is 16.7 Å². The van der Waals surface area contributed by atoms with Gasteiger partial charge in [0.2, 0.25) is 0 Å². The second-order valence-corrected chi connectivity index (χ2v) is 6.63. The average molecular weight is 354 g/mol. The van der Waals surface area contributed by atoms with Gasteiger partial charge >= 0.3 is 6.18 Å². The third kappa shape index (κ3) is 6.09. The van der Waals surface area contributed by atoms with Crippen molar-refractivity contribution in [3.63, 3.8) is 0 Å². The van der Waals surface area contributed by atoms with E-state index in [4.69, 9.17) is 0 Å². The number of alkyl halides is 3. The summed E-state index contributed by atoms with van der Waals surface area (Å²) in [5.41, 5.74) is 0.600. The second kappa shape index (κ2) is 6.30. The fraction of sp³-hybridized carbons (Fsp3) is 0.615. The molecule has 0 aliphatic heterocycles. The van der Waals surface area contributed by atoms with Crippen LogP contribution in [0.25, 0.3) is 0 Å². The van der Waals surface area contributed by atoms with Crippen LogP contribution < -0.4 is 10.2 Å². The van der Waals surface area contributed by atoms with Crippen LogP contribution in [0.1, 0.15) is 26.3 Å². The summed E-state index contributed by atoms with van der Waals surface area (Å²) in [6, 6.07) is 1.79. The molecule has 1 aromatic rings. The molecule has 1 N–H and O–H groups in total. The molecule has 0 radical (unpaired) electrons. The van der Waals surface area contributed by atoms with E-state index in [9.17, 15) is 13.2 Å². The maximum Gasteiger partial charge on any atom is 0.405 e. The van der Waals surface area contributed by atoms with E-state index >= 15 is 0 Å². The Morgan fingerprint density at radius 1 is 1.30 bits per heavy atom. The molecule has 0 aromatic carbocycles. The minimum absolute atomic E-state index is 0.123. The number of halogens is 4. The molecule has 7 heteroatoms. The SMILES string of the molecule is CN(CC(F)(F)F)c1ncc(Br)cc1CNC(C)(C)C. The Labute approximate surface area is 125 Å². The second-order valence-electron chi connectivity index (χ2n) is 5.71. The van der Waals surface area contributed by atoms with Crippen molar-refractivity contribution in [2.45, 2.75) is 39.0 Å². The summed E-state index contributed by atoms with van der Waals surface area (Å²) >= 11 is 3.30. The van der Waals surface area contributed by atoms with Gasteiger partial charge in [0, 0.05) is 35.4 Å². The van der Waals surface area contributed by atoms with E-state index in [2.05, 4.69) is 26.2 Å². The molecule has 0 amide bonds. The zero-order valence-electron chi connectivity index (χ0n) is 12.0. The van der Waals surface area contributed by atoms with Gasteiger partial charge in [-0.25, -0.2) is 4.98 Å². The van der Waals surface area contributed by atoms with E-state index in [1.54, 1.807) is 6.07 Å². The first-order valence-corrected chi connectivity index (χ1v) is 6.94. The Morgan fingerprint density at radius 2 is 1.90 bits per heavy atom. The minimum Gasteiger partial charge on any atom is -0.350 e. The molecule has 0 saturated heterocycles. The van der Waals surface area contributed by atoms with E-state index < -0.39 is 12.7 Å². The quantitative estimate of drug-likeness (QED) is 0.893. The van der Waals surface area contributed by atoms with Crippen LogP contribution in [0, 0.1) is 0 Å². The summed E-state index contributed by atoms with van der Waals surface area (Å²) in [6.07, 6.45) is -2.75. The van der Waals surface area contributed by atoms with Crippen molar-refractivity contribution in [1.29, 1.82) is 0 Å². The van der Waals surface area contributed by atoms with Gasteiger partial charge in [-0.3, -0.25) is 0 Å². The highest BCUT2D eigenvalue weighted by Crippen LogP contribution is 2.24. The number of aromatic nitrogens is 1. The van der Waals surface area contributed by atoms with Gasteiger partial charge in [-0.2, -0.15) is 13.2 Å². The zero-order chi connectivity index (χ0) is 15.6. The Bertz CT molecular complexity index is 455. The van der Waals surface area contributed by atoms with Gasteiger partial charge in [0.15, 0.2) is 0 Å². The average Bonchev–Trinajstić information content (AvgIpc) is 2.22. The van der Waals surface area contributed by atoms with Gasteiger partial charge < -0.3 is 10.2 Å². The standard InChI is InChI=1S/C13H19BrF3N3/c1-12(2,3)19-6-9-5-10(14)7-18-11(9)20(4)8-13(15,16)17/h5,7,19H,6,8H2,1-4H3. The highest BCUT2D eigenvalue weighted by atomic mass is 79.9. The van der Waals surface area contributed by atoms with Gasteiger partial charge in [0.05, 0.1) is 0 Å². The van der Waals surface area contributed by atoms with E-state index in [1.807, 2.05) is 20.8 Å². The molecule has 0 saturated carbocycles. The number of nitrogens with zero attached hydrogens (tertiary/aromatic N) is 2. The van der Waals surface area contributed by atoms with Gasteiger partial charge in [0.25, 0.3) is 0 Å². The maximum atomic E-state index is 12.5. The molecule has 0 aliphatic carbocycles. The predicted molar refractivity (Wildman–Crippen MR) is 77.9 cm³/mol. The monoisotopic (exact) mass is 353 g/mol. The van der Waals surface area contributed by atoms with Gasteiger partial charge in [-0.05, 0) is 42.8 Å². The lowest BCUT2D eigenvalue weighted by Crippen LogP contribution is -2.36. The number of rotatable bonds is 4. The first-order valence-electron chi connectivity index (χ1n) is 6.15. The molecule has 1 rings (SSSR count).